The summed E-state index contributed by atoms with van der Waals surface area (Å²) in [6.07, 6.45) is 2.21. The van der Waals surface area contributed by atoms with Gasteiger partial charge in [-0.15, -0.1) is 0 Å². The van der Waals surface area contributed by atoms with E-state index in [9.17, 15) is 9.59 Å². The van der Waals surface area contributed by atoms with Crippen molar-refractivity contribution in [3.63, 3.8) is 0 Å². The molecule has 23 heavy (non-hydrogen) atoms. The fourth-order valence-electron chi connectivity index (χ4n) is 2.58. The minimum Gasteiger partial charge on any atom is -0.497 e. The Morgan fingerprint density at radius 3 is 2.52 bits per heavy atom. The lowest BCUT2D eigenvalue weighted by Crippen LogP contribution is -2.46. The second kappa shape index (κ2) is 9.15. The number of carbonyl (C=O) groups is 2. The molecule has 1 aliphatic rings. The summed E-state index contributed by atoms with van der Waals surface area (Å²) >= 11 is 0. The normalized spacial score (nSPS) is 15.3. The Morgan fingerprint density at radius 1 is 1.22 bits per heavy atom. The summed E-state index contributed by atoms with van der Waals surface area (Å²) in [4.78, 5) is 26.5. The lowest BCUT2D eigenvalue weighted by Gasteiger charge is -2.32. The maximum atomic E-state index is 11.9. The Balaban J connectivity index is 1.59. The highest BCUT2D eigenvalue weighted by Crippen LogP contribution is 2.11. The van der Waals surface area contributed by atoms with Gasteiger partial charge >= 0.3 is 0 Å². The second-order valence-corrected chi connectivity index (χ2v) is 5.68. The van der Waals surface area contributed by atoms with Crippen LogP contribution in [0.25, 0.3) is 0 Å². The van der Waals surface area contributed by atoms with Crippen LogP contribution in [0.4, 0.5) is 0 Å². The van der Waals surface area contributed by atoms with Crippen LogP contribution in [-0.4, -0.2) is 68.5 Å². The van der Waals surface area contributed by atoms with Crippen molar-refractivity contribution in [3.05, 3.63) is 29.8 Å². The zero-order valence-corrected chi connectivity index (χ0v) is 13.7. The first kappa shape index (κ1) is 17.3. The molecule has 0 aromatic heterocycles. The third kappa shape index (κ3) is 5.90. The first-order chi connectivity index (χ1) is 11.2. The third-order valence-electron chi connectivity index (χ3n) is 4.11. The first-order valence-corrected chi connectivity index (χ1v) is 8.02. The zero-order chi connectivity index (χ0) is 16.5. The highest BCUT2D eigenvalue weighted by molar-refractivity contribution is 5.76. The van der Waals surface area contributed by atoms with Crippen LogP contribution in [0.1, 0.15) is 12.0 Å². The number of hydrogen-bond donors (Lipinski definition) is 1. The lowest BCUT2D eigenvalue weighted by atomic mass is 10.1. The van der Waals surface area contributed by atoms with Crippen LogP contribution in [0, 0.1) is 0 Å². The number of ether oxygens (including phenoxy) is 1. The van der Waals surface area contributed by atoms with E-state index in [2.05, 4.69) is 10.2 Å². The molecule has 126 valence electrons. The van der Waals surface area contributed by atoms with Gasteiger partial charge in [0.15, 0.2) is 0 Å². The summed E-state index contributed by atoms with van der Waals surface area (Å²) in [5.41, 5.74) is 1.18. The molecule has 1 aromatic carbocycles. The van der Waals surface area contributed by atoms with Crippen LogP contribution in [0.5, 0.6) is 5.75 Å². The maximum Gasteiger partial charge on any atom is 0.221 e. The summed E-state index contributed by atoms with van der Waals surface area (Å²) in [5.74, 6) is 0.920. The number of piperazine rings is 1. The number of rotatable bonds is 8. The van der Waals surface area contributed by atoms with Crippen molar-refractivity contribution in [3.8, 4) is 5.75 Å². The molecule has 1 heterocycles. The van der Waals surface area contributed by atoms with Crippen molar-refractivity contribution in [1.82, 2.24) is 15.1 Å². The first-order valence-electron chi connectivity index (χ1n) is 8.02. The Hall–Kier alpha value is -2.08. The highest BCUT2D eigenvalue weighted by Gasteiger charge is 2.15. The third-order valence-corrected chi connectivity index (χ3v) is 4.11. The number of benzene rings is 1. The number of hydrogen-bond acceptors (Lipinski definition) is 4. The van der Waals surface area contributed by atoms with E-state index in [1.54, 1.807) is 12.0 Å². The molecule has 0 bridgehead atoms. The zero-order valence-electron chi connectivity index (χ0n) is 13.7. The van der Waals surface area contributed by atoms with Crippen LogP contribution >= 0.6 is 0 Å². The van der Waals surface area contributed by atoms with Crippen molar-refractivity contribution in [2.45, 2.75) is 12.8 Å². The number of nitrogens with zero attached hydrogens (tertiary/aromatic N) is 2. The molecule has 0 unspecified atom stereocenters. The van der Waals surface area contributed by atoms with E-state index in [-0.39, 0.29) is 5.91 Å². The maximum absolute atomic E-state index is 11.9. The van der Waals surface area contributed by atoms with E-state index in [0.29, 0.717) is 13.0 Å². The minimum atomic E-state index is 0.0799. The Kier molecular flexibility index (Phi) is 6.87. The average Bonchev–Trinajstić information content (AvgIpc) is 2.61. The van der Waals surface area contributed by atoms with Gasteiger partial charge in [-0.2, -0.15) is 0 Å². The van der Waals surface area contributed by atoms with Gasteiger partial charge in [-0.3, -0.25) is 14.5 Å². The molecule has 0 aliphatic carbocycles. The number of methoxy groups -OCH3 is 1. The molecule has 0 saturated carbocycles. The van der Waals surface area contributed by atoms with Crippen LogP contribution in [0.2, 0.25) is 0 Å². The van der Waals surface area contributed by atoms with Gasteiger partial charge in [0, 0.05) is 45.7 Å². The van der Waals surface area contributed by atoms with Crippen LogP contribution in [0.15, 0.2) is 24.3 Å². The Labute approximate surface area is 137 Å². The molecule has 0 spiro atoms. The molecule has 1 fully saturated rings. The Morgan fingerprint density at radius 2 is 1.91 bits per heavy atom. The summed E-state index contributed by atoms with van der Waals surface area (Å²) in [6.45, 7) is 4.59. The average molecular weight is 319 g/mol. The fourth-order valence-corrected chi connectivity index (χ4v) is 2.58. The highest BCUT2D eigenvalue weighted by atomic mass is 16.5. The van der Waals surface area contributed by atoms with Gasteiger partial charge in [-0.25, -0.2) is 0 Å². The summed E-state index contributed by atoms with van der Waals surface area (Å²) in [5, 5.41) is 2.96. The SMILES string of the molecule is COc1ccc(CCNC(=O)CCN2CCN(C=O)CC2)cc1. The summed E-state index contributed by atoms with van der Waals surface area (Å²) in [7, 11) is 1.65. The minimum absolute atomic E-state index is 0.0799. The van der Waals surface area contributed by atoms with E-state index in [1.165, 1.54) is 5.56 Å². The summed E-state index contributed by atoms with van der Waals surface area (Å²) < 4.78 is 5.12. The van der Waals surface area contributed by atoms with Crippen molar-refractivity contribution in [2.75, 3.05) is 46.4 Å². The summed E-state index contributed by atoms with van der Waals surface area (Å²) in [6, 6.07) is 7.88. The fraction of sp³-hybridized carbons (Fsp3) is 0.529. The molecule has 2 rings (SSSR count). The smallest absolute Gasteiger partial charge is 0.221 e. The van der Waals surface area contributed by atoms with Crippen LogP contribution < -0.4 is 10.1 Å². The molecule has 1 aliphatic heterocycles. The van der Waals surface area contributed by atoms with Gasteiger partial charge in [0.25, 0.3) is 0 Å². The molecule has 0 radical (unpaired) electrons. The van der Waals surface area contributed by atoms with E-state index in [1.807, 2.05) is 24.3 Å². The molecule has 0 atom stereocenters. The van der Waals surface area contributed by atoms with Gasteiger partial charge in [0.1, 0.15) is 5.75 Å². The quantitative estimate of drug-likeness (QED) is 0.710. The van der Waals surface area contributed by atoms with Gasteiger partial charge < -0.3 is 15.0 Å². The lowest BCUT2D eigenvalue weighted by molar-refractivity contribution is -0.122. The van der Waals surface area contributed by atoms with Crippen molar-refractivity contribution in [1.29, 1.82) is 0 Å². The molecular formula is C17H25N3O3. The van der Waals surface area contributed by atoms with E-state index in [0.717, 1.165) is 51.3 Å². The number of nitrogens with one attached hydrogen (secondary N) is 1. The van der Waals surface area contributed by atoms with Crippen LogP contribution in [0.3, 0.4) is 0 Å². The molecule has 2 amide bonds. The van der Waals surface area contributed by atoms with Crippen molar-refractivity contribution >= 4 is 12.3 Å². The molecule has 1 saturated heterocycles. The molecule has 1 aromatic rings. The number of amides is 2. The monoisotopic (exact) mass is 319 g/mol. The topological polar surface area (TPSA) is 61.9 Å². The largest absolute Gasteiger partial charge is 0.497 e. The number of carbonyl (C=O) groups excluding carboxylic acids is 2. The van der Waals surface area contributed by atoms with Gasteiger partial charge in [-0.1, -0.05) is 12.1 Å². The Bertz CT molecular complexity index is 496. The van der Waals surface area contributed by atoms with E-state index < -0.39 is 0 Å². The van der Waals surface area contributed by atoms with Gasteiger partial charge in [0.2, 0.25) is 12.3 Å². The standard InChI is InChI=1S/C17H25N3O3/c1-23-16-4-2-15(3-5-16)6-8-18-17(22)7-9-19-10-12-20(14-21)13-11-19/h2-5,14H,6-13H2,1H3,(H,18,22). The van der Waals surface area contributed by atoms with Crippen molar-refractivity contribution in [2.24, 2.45) is 0 Å². The van der Waals surface area contributed by atoms with Gasteiger partial charge in [0.05, 0.1) is 7.11 Å². The predicted molar refractivity (Wildman–Crippen MR) is 88.4 cm³/mol. The van der Waals surface area contributed by atoms with E-state index >= 15 is 0 Å². The molecular weight excluding hydrogens is 294 g/mol. The van der Waals surface area contributed by atoms with Crippen molar-refractivity contribution < 1.29 is 14.3 Å². The second-order valence-electron chi connectivity index (χ2n) is 5.68. The molecule has 6 nitrogen and oxygen atoms in total. The molecule has 1 N–H and O–H groups in total. The van der Waals surface area contributed by atoms with Gasteiger partial charge in [-0.05, 0) is 24.1 Å². The predicted octanol–water partition coefficient (Wildman–Crippen LogP) is 0.518. The van der Waals surface area contributed by atoms with E-state index in [4.69, 9.17) is 4.74 Å². The van der Waals surface area contributed by atoms with Crippen LogP contribution in [-0.2, 0) is 16.0 Å². The molecule has 6 heteroatoms.